The Labute approximate surface area is 139 Å². The number of aryl methyl sites for hydroxylation is 1. The third-order valence-electron chi connectivity index (χ3n) is 4.44. The van der Waals surface area contributed by atoms with Crippen LogP contribution >= 0.6 is 0 Å². The van der Waals surface area contributed by atoms with Gasteiger partial charge in [0.25, 0.3) is 0 Å². The van der Waals surface area contributed by atoms with Gasteiger partial charge in [0.2, 0.25) is 5.91 Å². The van der Waals surface area contributed by atoms with E-state index in [9.17, 15) is 4.79 Å². The molecule has 1 fully saturated rings. The molecule has 1 aliphatic rings. The van der Waals surface area contributed by atoms with Crippen LogP contribution in [0.3, 0.4) is 0 Å². The third-order valence-corrected chi connectivity index (χ3v) is 4.44. The summed E-state index contributed by atoms with van der Waals surface area (Å²) in [7, 11) is 1.88. The zero-order valence-electron chi connectivity index (χ0n) is 13.5. The van der Waals surface area contributed by atoms with Gasteiger partial charge in [-0.05, 0) is 17.5 Å². The molecule has 3 heterocycles. The van der Waals surface area contributed by atoms with Crippen LogP contribution < -0.4 is 0 Å². The van der Waals surface area contributed by atoms with E-state index in [1.54, 1.807) is 6.33 Å². The molecule has 24 heavy (non-hydrogen) atoms. The lowest BCUT2D eigenvalue weighted by Gasteiger charge is -2.32. The van der Waals surface area contributed by atoms with Crippen molar-refractivity contribution < 1.29 is 9.53 Å². The molecule has 124 valence electrons. The summed E-state index contributed by atoms with van der Waals surface area (Å²) in [4.78, 5) is 14.6. The third kappa shape index (κ3) is 2.67. The summed E-state index contributed by atoms with van der Waals surface area (Å²) in [5, 5.41) is 9.12. The van der Waals surface area contributed by atoms with E-state index < -0.39 is 0 Å². The van der Waals surface area contributed by atoms with Gasteiger partial charge in [-0.3, -0.25) is 4.79 Å². The first-order valence-electron chi connectivity index (χ1n) is 7.99. The van der Waals surface area contributed by atoms with Gasteiger partial charge in [-0.1, -0.05) is 18.2 Å². The van der Waals surface area contributed by atoms with Crippen molar-refractivity contribution in [2.75, 3.05) is 19.7 Å². The Kier molecular flexibility index (Phi) is 3.78. The van der Waals surface area contributed by atoms with E-state index in [1.165, 1.54) is 0 Å². The molecule has 2 aromatic heterocycles. The van der Waals surface area contributed by atoms with Crippen LogP contribution in [-0.4, -0.2) is 49.8 Å². The van der Waals surface area contributed by atoms with E-state index in [2.05, 4.69) is 16.3 Å². The number of hydrogen-bond acceptors (Lipinski definition) is 4. The van der Waals surface area contributed by atoms with E-state index in [0.717, 1.165) is 16.7 Å². The number of carbonyl (C=O) groups excluding carboxylic acids is 1. The number of fused-ring (bicyclic) bond motifs is 1. The minimum atomic E-state index is -0.225. The van der Waals surface area contributed by atoms with Gasteiger partial charge in [-0.25, -0.2) is 0 Å². The zero-order valence-corrected chi connectivity index (χ0v) is 13.5. The number of para-hydroxylation sites is 1. The predicted molar refractivity (Wildman–Crippen MR) is 88.2 cm³/mol. The summed E-state index contributed by atoms with van der Waals surface area (Å²) in [6, 6.07) is 10.1. The Balaban J connectivity index is 1.49. The molecule has 4 rings (SSSR count). The Morgan fingerprint density at radius 1 is 1.33 bits per heavy atom. The molecule has 1 aliphatic heterocycles. The molecule has 1 saturated heterocycles. The largest absolute Gasteiger partial charge is 0.366 e. The molecule has 1 unspecified atom stereocenters. The topological polar surface area (TPSA) is 65.2 Å². The maximum atomic E-state index is 12.7. The quantitative estimate of drug-likeness (QED) is 0.729. The van der Waals surface area contributed by atoms with Crippen LogP contribution in [0, 0.1) is 0 Å². The summed E-state index contributed by atoms with van der Waals surface area (Å²) >= 11 is 0. The number of rotatable bonds is 3. The number of aromatic nitrogens is 4. The molecule has 1 amide bonds. The lowest BCUT2D eigenvalue weighted by Crippen LogP contribution is -2.44. The maximum Gasteiger partial charge on any atom is 0.242 e. The van der Waals surface area contributed by atoms with E-state index in [4.69, 9.17) is 4.74 Å². The van der Waals surface area contributed by atoms with Crippen molar-refractivity contribution >= 4 is 16.8 Å². The first-order valence-corrected chi connectivity index (χ1v) is 7.99. The van der Waals surface area contributed by atoms with Crippen molar-refractivity contribution in [1.29, 1.82) is 0 Å². The molecular formula is C17H19N5O2. The van der Waals surface area contributed by atoms with E-state index in [-0.39, 0.29) is 12.0 Å². The Bertz CT molecular complexity index is 869. The van der Waals surface area contributed by atoms with Crippen LogP contribution in [0.5, 0.6) is 0 Å². The SMILES string of the molecule is Cn1cnnc1C1CN(C(=O)Cn2ccc3ccccc32)CCO1. The first-order chi connectivity index (χ1) is 11.7. The van der Waals surface area contributed by atoms with Crippen molar-refractivity contribution in [3.05, 3.63) is 48.7 Å². The summed E-state index contributed by atoms with van der Waals surface area (Å²) in [5.74, 6) is 0.839. The standard InChI is InChI=1S/C17H19N5O2/c1-20-12-18-19-17(20)15-10-22(8-9-24-15)16(23)11-21-7-6-13-4-2-3-5-14(13)21/h2-7,12,15H,8-11H2,1H3. The molecule has 0 saturated carbocycles. The Hall–Kier alpha value is -2.67. The summed E-state index contributed by atoms with van der Waals surface area (Å²) in [6.07, 6.45) is 3.38. The van der Waals surface area contributed by atoms with Crippen LogP contribution in [0.15, 0.2) is 42.9 Å². The van der Waals surface area contributed by atoms with Crippen LogP contribution in [0.4, 0.5) is 0 Å². The number of amides is 1. The fourth-order valence-corrected chi connectivity index (χ4v) is 3.14. The smallest absolute Gasteiger partial charge is 0.242 e. The van der Waals surface area contributed by atoms with E-state index >= 15 is 0 Å². The Morgan fingerprint density at radius 2 is 2.21 bits per heavy atom. The molecule has 1 atom stereocenters. The lowest BCUT2D eigenvalue weighted by atomic mass is 10.2. The fourth-order valence-electron chi connectivity index (χ4n) is 3.14. The molecule has 0 N–H and O–H groups in total. The van der Waals surface area contributed by atoms with Gasteiger partial charge >= 0.3 is 0 Å². The number of morpholine rings is 1. The lowest BCUT2D eigenvalue weighted by molar-refractivity contribution is -0.140. The molecule has 1 aromatic carbocycles. The van der Waals surface area contributed by atoms with Crippen LogP contribution in [-0.2, 0) is 23.1 Å². The number of benzene rings is 1. The highest BCUT2D eigenvalue weighted by Gasteiger charge is 2.28. The average molecular weight is 325 g/mol. The monoisotopic (exact) mass is 325 g/mol. The second kappa shape index (κ2) is 6.09. The van der Waals surface area contributed by atoms with Crippen molar-refractivity contribution in [3.8, 4) is 0 Å². The summed E-state index contributed by atoms with van der Waals surface area (Å²) in [5.41, 5.74) is 1.07. The van der Waals surface area contributed by atoms with Gasteiger partial charge in [0.1, 0.15) is 19.0 Å². The molecule has 0 bridgehead atoms. The van der Waals surface area contributed by atoms with Gasteiger partial charge in [-0.2, -0.15) is 0 Å². The minimum absolute atomic E-state index is 0.0896. The highest BCUT2D eigenvalue weighted by Crippen LogP contribution is 2.21. The van der Waals surface area contributed by atoms with Crippen molar-refractivity contribution in [2.45, 2.75) is 12.6 Å². The number of nitrogens with zero attached hydrogens (tertiary/aromatic N) is 5. The first kappa shape index (κ1) is 14.9. The molecule has 0 radical (unpaired) electrons. The predicted octanol–water partition coefficient (Wildman–Crippen LogP) is 1.37. The number of ether oxygens (including phenoxy) is 1. The Morgan fingerprint density at radius 3 is 3.04 bits per heavy atom. The highest BCUT2D eigenvalue weighted by atomic mass is 16.5. The van der Waals surface area contributed by atoms with E-state index in [1.807, 2.05) is 51.5 Å². The molecule has 7 heteroatoms. The highest BCUT2D eigenvalue weighted by molar-refractivity contribution is 5.83. The molecule has 3 aromatic rings. The minimum Gasteiger partial charge on any atom is -0.366 e. The maximum absolute atomic E-state index is 12.7. The summed E-state index contributed by atoms with van der Waals surface area (Å²) < 4.78 is 9.59. The van der Waals surface area contributed by atoms with Gasteiger partial charge in [0.15, 0.2) is 5.82 Å². The van der Waals surface area contributed by atoms with Crippen molar-refractivity contribution in [3.63, 3.8) is 0 Å². The fraction of sp³-hybridized carbons (Fsp3) is 0.353. The van der Waals surface area contributed by atoms with Crippen LogP contribution in [0.1, 0.15) is 11.9 Å². The van der Waals surface area contributed by atoms with Gasteiger partial charge in [0.05, 0.1) is 13.2 Å². The number of carbonyl (C=O) groups is 1. The van der Waals surface area contributed by atoms with Gasteiger partial charge in [0, 0.05) is 25.3 Å². The normalized spacial score (nSPS) is 18.2. The van der Waals surface area contributed by atoms with E-state index in [0.29, 0.717) is 26.2 Å². The zero-order chi connectivity index (χ0) is 16.5. The van der Waals surface area contributed by atoms with Gasteiger partial charge < -0.3 is 18.8 Å². The second-order valence-electron chi connectivity index (χ2n) is 6.00. The van der Waals surface area contributed by atoms with Crippen LogP contribution in [0.25, 0.3) is 10.9 Å². The number of hydrogen-bond donors (Lipinski definition) is 0. The second-order valence-corrected chi connectivity index (χ2v) is 6.00. The average Bonchev–Trinajstić information content (AvgIpc) is 3.22. The van der Waals surface area contributed by atoms with Crippen molar-refractivity contribution in [2.24, 2.45) is 7.05 Å². The molecule has 0 spiro atoms. The molecule has 7 nitrogen and oxygen atoms in total. The van der Waals surface area contributed by atoms with Gasteiger partial charge in [-0.15, -0.1) is 10.2 Å². The van der Waals surface area contributed by atoms with Crippen molar-refractivity contribution in [1.82, 2.24) is 24.2 Å². The molecular weight excluding hydrogens is 306 g/mol. The van der Waals surface area contributed by atoms with Crippen LogP contribution in [0.2, 0.25) is 0 Å². The molecule has 0 aliphatic carbocycles. The summed E-state index contributed by atoms with van der Waals surface area (Å²) in [6.45, 7) is 1.95.